The lowest BCUT2D eigenvalue weighted by Crippen LogP contribution is -2.36. The van der Waals surface area contributed by atoms with Gasteiger partial charge >= 0.3 is 0 Å². The molecule has 1 N–H and O–H groups in total. The minimum absolute atomic E-state index is 0.0227. The van der Waals surface area contributed by atoms with E-state index in [9.17, 15) is 21.6 Å². The van der Waals surface area contributed by atoms with Crippen LogP contribution in [0.25, 0.3) is 0 Å². The molecule has 0 spiro atoms. The van der Waals surface area contributed by atoms with E-state index >= 15 is 0 Å². The van der Waals surface area contributed by atoms with E-state index in [-0.39, 0.29) is 22.2 Å². The summed E-state index contributed by atoms with van der Waals surface area (Å²) in [7, 11) is -4.50. The van der Waals surface area contributed by atoms with Crippen LogP contribution in [0, 0.1) is 0 Å². The molecule has 8 nitrogen and oxygen atoms in total. The van der Waals surface area contributed by atoms with Crippen molar-refractivity contribution in [3.63, 3.8) is 0 Å². The Balaban J connectivity index is 3.00. The van der Waals surface area contributed by atoms with Crippen LogP contribution in [0.4, 0.5) is 0 Å². The highest BCUT2D eigenvalue weighted by atomic mass is 32.2. The molecule has 0 bridgehead atoms. The summed E-state index contributed by atoms with van der Waals surface area (Å²) in [4.78, 5) is 12.6. The minimum Gasteiger partial charge on any atom is -0.348 e. The van der Waals surface area contributed by atoms with E-state index in [2.05, 4.69) is 4.72 Å². The fourth-order valence-corrected chi connectivity index (χ4v) is 4.33. The Labute approximate surface area is 143 Å². The molecular formula is C14H23N3O5S2. The standard InChI is InChI=1S/C14H23N3O5S2/c1-5-17(6-2)24(21,22)13-9-7-12(8-10-13)23(19,20)15-11-14(18)16(3)4/h7-10,15H,5-6,11H2,1-4H3. The monoisotopic (exact) mass is 377 g/mol. The second-order valence-corrected chi connectivity index (χ2v) is 8.88. The average molecular weight is 377 g/mol. The van der Waals surface area contributed by atoms with Crippen LogP contribution in [0.3, 0.4) is 0 Å². The summed E-state index contributed by atoms with van der Waals surface area (Å²) in [5.74, 6) is -0.390. The van der Waals surface area contributed by atoms with E-state index in [1.807, 2.05) is 0 Å². The number of benzene rings is 1. The Kier molecular flexibility index (Phi) is 6.90. The normalized spacial score (nSPS) is 12.4. The van der Waals surface area contributed by atoms with Crippen molar-refractivity contribution >= 4 is 26.0 Å². The molecule has 10 heteroatoms. The van der Waals surface area contributed by atoms with Crippen LogP contribution in [0.1, 0.15) is 13.8 Å². The Bertz CT molecular complexity index is 767. The molecule has 1 amide bonds. The maximum Gasteiger partial charge on any atom is 0.243 e. The van der Waals surface area contributed by atoms with Crippen LogP contribution >= 0.6 is 0 Å². The van der Waals surface area contributed by atoms with E-state index in [4.69, 9.17) is 0 Å². The van der Waals surface area contributed by atoms with Gasteiger partial charge in [-0.05, 0) is 24.3 Å². The van der Waals surface area contributed by atoms with Crippen molar-refractivity contribution in [2.24, 2.45) is 0 Å². The first-order chi connectivity index (χ1) is 11.1. The fraction of sp³-hybridized carbons (Fsp3) is 0.500. The number of amides is 1. The van der Waals surface area contributed by atoms with E-state index in [1.54, 1.807) is 13.8 Å². The van der Waals surface area contributed by atoms with Gasteiger partial charge in [-0.2, -0.15) is 4.31 Å². The van der Waals surface area contributed by atoms with E-state index in [0.29, 0.717) is 13.1 Å². The molecule has 136 valence electrons. The number of carbonyl (C=O) groups excluding carboxylic acids is 1. The van der Waals surface area contributed by atoms with Crippen LogP contribution in [-0.4, -0.2) is 65.7 Å². The molecule has 0 atom stereocenters. The van der Waals surface area contributed by atoms with Gasteiger partial charge in [0.1, 0.15) is 0 Å². The molecule has 0 fully saturated rings. The molecule has 0 unspecified atom stereocenters. The van der Waals surface area contributed by atoms with Crippen LogP contribution < -0.4 is 4.72 Å². The largest absolute Gasteiger partial charge is 0.348 e. The van der Waals surface area contributed by atoms with Gasteiger partial charge in [0.25, 0.3) is 0 Å². The van der Waals surface area contributed by atoms with Crippen LogP contribution in [0.15, 0.2) is 34.1 Å². The maximum atomic E-state index is 12.4. The van der Waals surface area contributed by atoms with Crippen molar-refractivity contribution in [3.8, 4) is 0 Å². The molecule has 0 aliphatic carbocycles. The summed E-state index contributed by atoms with van der Waals surface area (Å²) >= 11 is 0. The first-order valence-electron chi connectivity index (χ1n) is 7.36. The molecule has 24 heavy (non-hydrogen) atoms. The molecule has 0 saturated carbocycles. The Morgan fingerprint density at radius 3 is 1.83 bits per heavy atom. The zero-order chi connectivity index (χ0) is 18.5. The highest BCUT2D eigenvalue weighted by Gasteiger charge is 2.23. The third-order valence-corrected chi connectivity index (χ3v) is 6.87. The van der Waals surface area contributed by atoms with Crippen molar-refractivity contribution < 1.29 is 21.6 Å². The number of rotatable bonds is 8. The summed E-state index contributed by atoms with van der Waals surface area (Å²) in [5, 5.41) is 0. The summed E-state index contributed by atoms with van der Waals surface area (Å²) in [6.45, 7) is 3.74. The van der Waals surface area contributed by atoms with Gasteiger partial charge < -0.3 is 4.90 Å². The molecular weight excluding hydrogens is 354 g/mol. The predicted molar refractivity (Wildman–Crippen MR) is 90.4 cm³/mol. The van der Waals surface area contributed by atoms with Gasteiger partial charge in [-0.3, -0.25) is 4.79 Å². The van der Waals surface area contributed by atoms with E-state index < -0.39 is 20.0 Å². The van der Waals surface area contributed by atoms with E-state index in [1.165, 1.54) is 47.6 Å². The lowest BCUT2D eigenvalue weighted by Gasteiger charge is -2.18. The van der Waals surface area contributed by atoms with Gasteiger partial charge in [-0.15, -0.1) is 0 Å². The lowest BCUT2D eigenvalue weighted by atomic mass is 10.4. The van der Waals surface area contributed by atoms with Crippen molar-refractivity contribution in [2.45, 2.75) is 23.6 Å². The molecule has 1 aromatic carbocycles. The molecule has 0 saturated heterocycles. The summed E-state index contributed by atoms with van der Waals surface area (Å²) in [6.07, 6.45) is 0. The summed E-state index contributed by atoms with van der Waals surface area (Å²) in [6, 6.07) is 4.91. The predicted octanol–water partition coefficient (Wildman–Crippen LogP) is 0.0836. The number of nitrogens with one attached hydrogen (secondary N) is 1. The highest BCUT2D eigenvalue weighted by Crippen LogP contribution is 2.18. The van der Waals surface area contributed by atoms with Gasteiger partial charge in [0, 0.05) is 27.2 Å². The smallest absolute Gasteiger partial charge is 0.243 e. The third-order valence-electron chi connectivity index (χ3n) is 3.39. The average Bonchev–Trinajstić information content (AvgIpc) is 2.53. The molecule has 0 aliphatic rings. The Hall–Kier alpha value is -1.49. The molecule has 0 radical (unpaired) electrons. The minimum atomic E-state index is -3.89. The van der Waals surface area contributed by atoms with Crippen molar-refractivity contribution in [1.29, 1.82) is 0 Å². The van der Waals surface area contributed by atoms with Gasteiger partial charge in [0.15, 0.2) is 0 Å². The molecule has 1 aromatic rings. The third kappa shape index (κ3) is 4.76. The van der Waals surface area contributed by atoms with Gasteiger partial charge in [-0.1, -0.05) is 13.8 Å². The van der Waals surface area contributed by atoms with Gasteiger partial charge in [0.05, 0.1) is 16.3 Å². The summed E-state index contributed by atoms with van der Waals surface area (Å²) in [5.41, 5.74) is 0. The second-order valence-electron chi connectivity index (χ2n) is 5.17. The first kappa shape index (κ1) is 20.6. The quantitative estimate of drug-likeness (QED) is 0.691. The number of hydrogen-bond donors (Lipinski definition) is 1. The topological polar surface area (TPSA) is 104 Å². The van der Waals surface area contributed by atoms with Gasteiger partial charge in [-0.25, -0.2) is 21.6 Å². The number of hydrogen-bond acceptors (Lipinski definition) is 5. The van der Waals surface area contributed by atoms with E-state index in [0.717, 1.165) is 0 Å². The molecule has 1 rings (SSSR count). The maximum absolute atomic E-state index is 12.4. The van der Waals surface area contributed by atoms with Gasteiger partial charge in [0.2, 0.25) is 26.0 Å². The zero-order valence-corrected chi connectivity index (χ0v) is 15.8. The van der Waals surface area contributed by atoms with Crippen LogP contribution in [0.5, 0.6) is 0 Å². The molecule has 0 aliphatic heterocycles. The molecule has 0 aromatic heterocycles. The van der Waals surface area contributed by atoms with Crippen molar-refractivity contribution in [1.82, 2.24) is 13.9 Å². The number of sulfonamides is 2. The van der Waals surface area contributed by atoms with Crippen LogP contribution in [-0.2, 0) is 24.8 Å². The SMILES string of the molecule is CCN(CC)S(=O)(=O)c1ccc(S(=O)(=O)NCC(=O)N(C)C)cc1. The number of nitrogens with zero attached hydrogens (tertiary/aromatic N) is 2. The fourth-order valence-electron chi connectivity index (χ4n) is 1.90. The van der Waals surface area contributed by atoms with Crippen molar-refractivity contribution in [3.05, 3.63) is 24.3 Å². The number of carbonyl (C=O) groups is 1. The van der Waals surface area contributed by atoms with Crippen LogP contribution in [0.2, 0.25) is 0 Å². The summed E-state index contributed by atoms with van der Waals surface area (Å²) < 4.78 is 52.4. The zero-order valence-electron chi connectivity index (χ0n) is 14.2. The van der Waals surface area contributed by atoms with Crippen molar-refractivity contribution in [2.75, 3.05) is 33.7 Å². The molecule has 0 heterocycles. The lowest BCUT2D eigenvalue weighted by molar-refractivity contribution is -0.127. The Morgan fingerprint density at radius 2 is 1.42 bits per heavy atom. The second kappa shape index (κ2) is 8.06. The Morgan fingerprint density at radius 1 is 0.958 bits per heavy atom. The first-order valence-corrected chi connectivity index (χ1v) is 10.3. The highest BCUT2D eigenvalue weighted by molar-refractivity contribution is 7.89. The number of likely N-dealkylation sites (N-methyl/N-ethyl adjacent to an activating group) is 1.